The zero-order chi connectivity index (χ0) is 20.4. The fourth-order valence-electron chi connectivity index (χ4n) is 3.38. The molecule has 0 N–H and O–H groups in total. The topological polar surface area (TPSA) is 90.3 Å². The average Bonchev–Trinajstić information content (AvgIpc) is 3.02. The predicted octanol–water partition coefficient (Wildman–Crippen LogP) is 2.82. The van der Waals surface area contributed by atoms with Gasteiger partial charge in [-0.15, -0.1) is 0 Å². The van der Waals surface area contributed by atoms with Gasteiger partial charge in [-0.05, 0) is 36.2 Å². The van der Waals surface area contributed by atoms with Crippen molar-refractivity contribution in [2.75, 3.05) is 25.7 Å². The lowest BCUT2D eigenvalue weighted by Gasteiger charge is -2.24. The molecule has 0 spiro atoms. The highest BCUT2D eigenvalue weighted by atomic mass is 19.1. The molecule has 3 aromatic rings. The molecule has 29 heavy (non-hydrogen) atoms. The number of halogens is 1. The average molecular weight is 395 g/mol. The van der Waals surface area contributed by atoms with E-state index in [1.54, 1.807) is 37.8 Å². The van der Waals surface area contributed by atoms with E-state index in [4.69, 9.17) is 9.47 Å². The van der Waals surface area contributed by atoms with E-state index in [1.165, 1.54) is 24.1 Å². The Bertz CT molecular complexity index is 1050. The van der Waals surface area contributed by atoms with Crippen LogP contribution in [0, 0.1) is 5.82 Å². The van der Waals surface area contributed by atoms with E-state index in [0.29, 0.717) is 41.6 Å². The van der Waals surface area contributed by atoms with Crippen LogP contribution in [-0.4, -0.2) is 46.7 Å². The summed E-state index contributed by atoms with van der Waals surface area (Å²) in [5, 5.41) is 0. The Morgan fingerprint density at radius 3 is 2.59 bits per heavy atom. The van der Waals surface area contributed by atoms with Crippen molar-refractivity contribution in [1.82, 2.24) is 19.9 Å². The predicted molar refractivity (Wildman–Crippen MR) is 102 cm³/mol. The van der Waals surface area contributed by atoms with Gasteiger partial charge in [0.1, 0.15) is 5.82 Å². The fraction of sp³-hybridized carbons (Fsp3) is 0.250. The number of ether oxygens (including phenoxy) is 2. The van der Waals surface area contributed by atoms with Crippen LogP contribution in [0.25, 0.3) is 11.6 Å². The second kappa shape index (κ2) is 7.88. The Labute approximate surface area is 166 Å². The zero-order valence-corrected chi connectivity index (χ0v) is 15.9. The van der Waals surface area contributed by atoms with E-state index in [9.17, 15) is 9.18 Å². The van der Waals surface area contributed by atoms with Gasteiger partial charge >= 0.3 is 0 Å². The van der Waals surface area contributed by atoms with Gasteiger partial charge in [0, 0.05) is 37.9 Å². The van der Waals surface area contributed by atoms with Gasteiger partial charge in [0.05, 0.1) is 13.2 Å². The van der Waals surface area contributed by atoms with Crippen molar-refractivity contribution in [2.24, 2.45) is 0 Å². The molecule has 0 saturated carbocycles. The molecule has 4 rings (SSSR count). The maximum Gasteiger partial charge on any atom is 0.260 e. The summed E-state index contributed by atoms with van der Waals surface area (Å²) in [5.74, 6) is 0.220. The van der Waals surface area contributed by atoms with Crippen LogP contribution in [-0.2, 0) is 4.74 Å². The number of rotatable bonds is 6. The number of carbonyl (C=O) groups excluding carboxylic acids is 1. The molecule has 9 heteroatoms. The molecular weight excluding hydrogens is 377 g/mol. The van der Waals surface area contributed by atoms with Crippen LogP contribution in [0.3, 0.4) is 0 Å². The summed E-state index contributed by atoms with van der Waals surface area (Å²) < 4.78 is 24.6. The van der Waals surface area contributed by atoms with Gasteiger partial charge in [-0.2, -0.15) is 0 Å². The number of fused-ring (bicyclic) bond motifs is 1. The first kappa shape index (κ1) is 18.9. The largest absolute Gasteiger partial charge is 0.494 e. The zero-order valence-electron chi connectivity index (χ0n) is 15.9. The van der Waals surface area contributed by atoms with Crippen molar-refractivity contribution >= 4 is 11.7 Å². The van der Waals surface area contributed by atoms with Gasteiger partial charge < -0.3 is 9.47 Å². The highest BCUT2D eigenvalue weighted by Crippen LogP contribution is 2.41. The van der Waals surface area contributed by atoms with Gasteiger partial charge in [0.2, 0.25) is 0 Å². The molecule has 0 radical (unpaired) electrons. The summed E-state index contributed by atoms with van der Waals surface area (Å²) in [5.41, 5.74) is 0.946. The van der Waals surface area contributed by atoms with Gasteiger partial charge in [0.25, 0.3) is 5.91 Å². The van der Waals surface area contributed by atoms with E-state index in [1.807, 2.05) is 0 Å². The van der Waals surface area contributed by atoms with Crippen LogP contribution in [0.4, 0.5) is 10.2 Å². The van der Waals surface area contributed by atoms with E-state index in [-0.39, 0.29) is 11.7 Å². The number of hydrogen-bond acceptors (Lipinski definition) is 7. The lowest BCUT2D eigenvalue weighted by atomic mass is 10.0. The second-order valence-electron chi connectivity index (χ2n) is 6.36. The van der Waals surface area contributed by atoms with Gasteiger partial charge in [0.15, 0.2) is 23.2 Å². The minimum atomic E-state index is -0.524. The Morgan fingerprint density at radius 1 is 1.10 bits per heavy atom. The molecule has 1 atom stereocenters. The summed E-state index contributed by atoms with van der Waals surface area (Å²) in [6.07, 6.45) is 5.19. The minimum absolute atomic E-state index is 0.0190. The van der Waals surface area contributed by atoms with Crippen LogP contribution in [0.2, 0.25) is 0 Å². The normalized spacial score (nSPS) is 15.5. The van der Waals surface area contributed by atoms with Crippen molar-refractivity contribution in [3.63, 3.8) is 0 Å². The summed E-state index contributed by atoms with van der Waals surface area (Å²) in [6.45, 7) is 0.390. The first-order valence-electron chi connectivity index (χ1n) is 8.94. The van der Waals surface area contributed by atoms with E-state index in [2.05, 4.69) is 19.9 Å². The number of benzene rings is 1. The number of carbonyl (C=O) groups is 1. The molecule has 2 aromatic heterocycles. The highest BCUT2D eigenvalue weighted by Gasteiger charge is 2.39. The monoisotopic (exact) mass is 395 g/mol. The molecular formula is C20H18FN5O3. The summed E-state index contributed by atoms with van der Waals surface area (Å²) in [4.78, 5) is 31.7. The number of aromatic nitrogens is 4. The highest BCUT2D eigenvalue weighted by molar-refractivity contribution is 6.10. The molecule has 1 aliphatic heterocycles. The Kier molecular flexibility index (Phi) is 5.13. The lowest BCUT2D eigenvalue weighted by Crippen LogP contribution is -2.29. The molecule has 0 aliphatic carbocycles. The number of amides is 1. The smallest absolute Gasteiger partial charge is 0.260 e. The third-order valence-corrected chi connectivity index (χ3v) is 4.69. The quantitative estimate of drug-likeness (QED) is 0.634. The molecule has 1 aromatic carbocycles. The third-order valence-electron chi connectivity index (χ3n) is 4.69. The minimum Gasteiger partial charge on any atom is -0.494 e. The summed E-state index contributed by atoms with van der Waals surface area (Å²) in [6, 6.07) is 5.65. The number of hydrogen-bond donors (Lipinski definition) is 0. The van der Waals surface area contributed by atoms with E-state index in [0.717, 1.165) is 0 Å². The van der Waals surface area contributed by atoms with Crippen molar-refractivity contribution < 1.29 is 18.7 Å². The molecule has 8 nitrogen and oxygen atoms in total. The Balaban J connectivity index is 1.79. The molecule has 148 valence electrons. The van der Waals surface area contributed by atoms with Gasteiger partial charge in [-0.25, -0.2) is 24.3 Å². The third kappa shape index (κ3) is 3.40. The van der Waals surface area contributed by atoms with Gasteiger partial charge in [-0.1, -0.05) is 0 Å². The SMILES string of the molecule is COCC[C@@H]1c2cc(F)c(OC)cc2C(=O)N1c1ccnc(-c2ncccn2)n1. The maximum atomic E-state index is 14.4. The lowest BCUT2D eigenvalue weighted by molar-refractivity contribution is 0.0985. The Morgan fingerprint density at radius 2 is 1.86 bits per heavy atom. The first-order valence-corrected chi connectivity index (χ1v) is 8.94. The van der Waals surface area contributed by atoms with Crippen molar-refractivity contribution in [3.05, 3.63) is 59.8 Å². The van der Waals surface area contributed by atoms with Crippen LogP contribution < -0.4 is 9.64 Å². The second-order valence-corrected chi connectivity index (χ2v) is 6.36. The number of anilines is 1. The standard InChI is InChI=1S/C20H18FN5O3/c1-28-9-5-15-12-10-14(21)16(29-2)11-13(12)20(27)26(15)17-4-8-24-19(25-17)18-22-6-3-7-23-18/h3-4,6-8,10-11,15H,5,9H2,1-2H3/t15-/m1/s1. The first-order chi connectivity index (χ1) is 14.1. The van der Waals surface area contributed by atoms with Gasteiger partial charge in [-0.3, -0.25) is 9.69 Å². The van der Waals surface area contributed by atoms with Crippen LogP contribution in [0.15, 0.2) is 42.9 Å². The fourth-order valence-corrected chi connectivity index (χ4v) is 3.38. The molecule has 0 fully saturated rings. The molecule has 3 heterocycles. The molecule has 1 aliphatic rings. The summed E-state index contributed by atoms with van der Waals surface area (Å²) in [7, 11) is 2.94. The maximum absolute atomic E-state index is 14.4. The molecule has 0 unspecified atom stereocenters. The number of nitrogens with zero attached hydrogens (tertiary/aromatic N) is 5. The van der Waals surface area contributed by atoms with E-state index < -0.39 is 11.9 Å². The number of methoxy groups -OCH3 is 2. The van der Waals surface area contributed by atoms with Crippen LogP contribution >= 0.6 is 0 Å². The molecule has 0 saturated heterocycles. The van der Waals surface area contributed by atoms with Crippen molar-refractivity contribution in [2.45, 2.75) is 12.5 Å². The van der Waals surface area contributed by atoms with Crippen LogP contribution in [0.1, 0.15) is 28.4 Å². The Hall–Kier alpha value is -3.46. The van der Waals surface area contributed by atoms with Crippen LogP contribution in [0.5, 0.6) is 5.75 Å². The van der Waals surface area contributed by atoms with Crippen molar-refractivity contribution in [3.8, 4) is 17.4 Å². The molecule has 0 bridgehead atoms. The summed E-state index contributed by atoms with van der Waals surface area (Å²) >= 11 is 0. The van der Waals surface area contributed by atoms with E-state index >= 15 is 0 Å². The molecule has 1 amide bonds. The van der Waals surface area contributed by atoms with Crippen molar-refractivity contribution in [1.29, 1.82) is 0 Å².